The minimum atomic E-state index is -0.770. The maximum absolute atomic E-state index is 10.2. The summed E-state index contributed by atoms with van der Waals surface area (Å²) in [5, 5.41) is 8.35. The Morgan fingerprint density at radius 3 is 1.86 bits per heavy atom. The summed E-state index contributed by atoms with van der Waals surface area (Å²) in [5.41, 5.74) is 2.29. The zero-order chi connectivity index (χ0) is 18.6. The number of nitrogens with two attached hydrogens (primary N) is 2. The van der Waals surface area contributed by atoms with Crippen LogP contribution in [0.15, 0.2) is 54.9 Å². The van der Waals surface area contributed by atoms with Crippen LogP contribution in [0.2, 0.25) is 0 Å². The van der Waals surface area contributed by atoms with E-state index in [1.165, 1.54) is 5.56 Å². The maximum atomic E-state index is 10.2. The summed E-state index contributed by atoms with van der Waals surface area (Å²) >= 11 is -0.818. The van der Waals surface area contributed by atoms with E-state index in [1.54, 1.807) is 18.5 Å². The standard InChI is InChI=1S/C8H9NO2.C7H8.CH3.4ClH.2H2N.H2O.Pt.Ru/c10-8(11)4-3-7-2-1-5-9-6-7;1-7-5-3-2-4-6-7;;;;;;;;;;/h1-2,5-6H,3-4H2,(H,10,11);2-6H,1H3;1H3;4*1H;3*1H2;;/q;;-1;;;;;2*-1;;+4;+2/p-4. The van der Waals surface area contributed by atoms with Gasteiger partial charge in [-0.05, 0) is 25.0 Å². The van der Waals surface area contributed by atoms with Gasteiger partial charge in [-0.2, -0.15) is 0 Å². The number of aryl methyl sites for hydroxylation is 2. The first-order valence-electron chi connectivity index (χ1n) is 6.31. The van der Waals surface area contributed by atoms with Gasteiger partial charge in [-0.3, -0.25) is 9.78 Å². The quantitative estimate of drug-likeness (QED) is 0.269. The van der Waals surface area contributed by atoms with Crippen molar-refractivity contribution in [2.45, 2.75) is 19.8 Å². The first-order chi connectivity index (χ1) is 11.5. The molecule has 0 bridgehead atoms. The second-order valence-electron chi connectivity index (χ2n) is 4.01. The van der Waals surface area contributed by atoms with Gasteiger partial charge in [-0.1, -0.05) is 42.0 Å². The molecule has 0 aliphatic carbocycles. The first kappa shape index (κ1) is 42.3. The predicted octanol–water partition coefficient (Wildman–Crippen LogP) is 6.91. The van der Waals surface area contributed by atoms with Gasteiger partial charge in [0, 0.05) is 18.8 Å². The number of rotatable bonds is 3. The van der Waals surface area contributed by atoms with Gasteiger partial charge in [0.15, 0.2) is 0 Å². The molecule has 1 aromatic heterocycles. The number of aromatic nitrogens is 1. The molecule has 0 atom stereocenters. The molecule has 0 unspecified atom stereocenters. The van der Waals surface area contributed by atoms with E-state index < -0.39 is 22.5 Å². The van der Waals surface area contributed by atoms with Crippen LogP contribution in [-0.4, -0.2) is 21.5 Å². The van der Waals surface area contributed by atoms with Crippen molar-refractivity contribution >= 4 is 44.2 Å². The Bertz CT molecular complexity index is 519. The van der Waals surface area contributed by atoms with Crippen molar-refractivity contribution in [3.05, 3.63) is 85.7 Å². The number of hydrogen-bond acceptors (Lipinski definition) is 2. The minimum absolute atomic E-state index is 0. The van der Waals surface area contributed by atoms with Gasteiger partial charge in [0.05, 0.1) is 0 Å². The van der Waals surface area contributed by atoms with Crippen LogP contribution in [0.1, 0.15) is 17.5 Å². The molecule has 0 saturated heterocycles. The number of hydrogen-bond donors (Lipinski definition) is 1. The summed E-state index contributed by atoms with van der Waals surface area (Å²) in [4.78, 5) is 14.0. The van der Waals surface area contributed by atoms with E-state index in [0.717, 1.165) is 5.56 Å². The maximum Gasteiger partial charge on any atom is -0.693 e. The van der Waals surface area contributed by atoms with E-state index in [9.17, 15) is 4.79 Å². The Hall–Kier alpha value is 0.192. The van der Waals surface area contributed by atoms with E-state index in [2.05, 4.69) is 24.0 Å². The first-order valence-corrected chi connectivity index (χ1v) is 16.4. The fraction of sp³-hybridized carbons (Fsp3) is 0.188. The van der Waals surface area contributed by atoms with Gasteiger partial charge in [-0.15, -0.1) is 0 Å². The van der Waals surface area contributed by atoms with E-state index in [1.807, 2.05) is 24.3 Å². The van der Waals surface area contributed by atoms with Crippen molar-refractivity contribution in [3.8, 4) is 0 Å². The van der Waals surface area contributed by atoms with Gasteiger partial charge in [0.25, 0.3) is 0 Å². The molecule has 0 spiro atoms. The van der Waals surface area contributed by atoms with Crippen LogP contribution in [0, 0.1) is 14.4 Å². The van der Waals surface area contributed by atoms with Crippen LogP contribution in [0.25, 0.3) is 12.3 Å². The number of halogens is 4. The van der Waals surface area contributed by atoms with Crippen molar-refractivity contribution in [1.82, 2.24) is 4.98 Å². The van der Waals surface area contributed by atoms with Gasteiger partial charge in [-0.25, -0.2) is 0 Å². The second kappa shape index (κ2) is 34.7. The normalized spacial score (nSPS) is 7.46. The molecule has 0 saturated carbocycles. The molecule has 7 N–H and O–H groups in total. The van der Waals surface area contributed by atoms with Crippen LogP contribution in [0.4, 0.5) is 0 Å². The largest absolute Gasteiger partial charge is 0.693 e. The average Bonchev–Trinajstić information content (AvgIpc) is 2.57. The molecule has 0 aliphatic heterocycles. The molecule has 1 aromatic carbocycles. The van der Waals surface area contributed by atoms with Gasteiger partial charge >= 0.3 is 75.8 Å². The molecular weight excluding hydrogens is 720 g/mol. The van der Waals surface area contributed by atoms with Crippen LogP contribution >= 0.6 is 38.2 Å². The smallest absolute Gasteiger partial charge is 0.693 e. The van der Waals surface area contributed by atoms with Gasteiger partial charge in [0.1, 0.15) is 0 Å². The minimum Gasteiger partial charge on any atom is -0.693 e. The van der Waals surface area contributed by atoms with Crippen LogP contribution in [-0.2, 0) is 42.8 Å². The fourth-order valence-electron chi connectivity index (χ4n) is 1.33. The molecule has 28 heavy (non-hydrogen) atoms. The third-order valence-electron chi connectivity index (χ3n) is 2.29. The SMILES string of the molecule is Cc1ccccc1.O.O=C(O)CCc1cccnc1.[CH3-].[Cl][Pt+2][Cl].[Cl][Ru][Cl].[NH2-].[NH2-]. The molecule has 0 fully saturated rings. The Kier molecular flexibility index (Phi) is 52.4. The summed E-state index contributed by atoms with van der Waals surface area (Å²) < 4.78 is 0. The molecule has 12 heteroatoms. The van der Waals surface area contributed by atoms with E-state index >= 15 is 0 Å². The number of aliphatic carboxylic acids is 1. The monoisotopic (exact) mass is 745 g/mol. The number of benzene rings is 1. The number of carboxylic acids is 1. The average molecular weight is 746 g/mol. The molecule has 0 aliphatic rings. The third kappa shape index (κ3) is 37.0. The molecular formula is C16H26Cl4N3O3PtRu-. The molecule has 1 heterocycles. The van der Waals surface area contributed by atoms with E-state index in [4.69, 9.17) is 43.3 Å². The van der Waals surface area contributed by atoms with E-state index in [-0.39, 0.29) is 46.8 Å². The number of nitrogens with zero attached hydrogens (tertiary/aromatic N) is 1. The van der Waals surface area contributed by atoms with Crippen molar-refractivity contribution in [3.63, 3.8) is 0 Å². The summed E-state index contributed by atoms with van der Waals surface area (Å²) in [7, 11) is 19.5. The fourth-order valence-corrected chi connectivity index (χ4v) is 1.33. The Labute approximate surface area is 200 Å². The molecule has 2 rings (SSSR count). The number of carbonyl (C=O) groups is 1. The van der Waals surface area contributed by atoms with Crippen molar-refractivity contribution < 1.29 is 47.0 Å². The van der Waals surface area contributed by atoms with Crippen molar-refractivity contribution in [2.24, 2.45) is 0 Å². The third-order valence-corrected chi connectivity index (χ3v) is 2.29. The molecule has 0 radical (unpaired) electrons. The molecule has 2 aromatic rings. The summed E-state index contributed by atoms with van der Waals surface area (Å²) in [6, 6.07) is 13.9. The zero-order valence-electron chi connectivity index (χ0n) is 15.2. The molecule has 170 valence electrons. The summed E-state index contributed by atoms with van der Waals surface area (Å²) in [6.45, 7) is 2.08. The Balaban J connectivity index is -0.0000000627. The van der Waals surface area contributed by atoms with Crippen molar-refractivity contribution in [2.75, 3.05) is 0 Å². The summed E-state index contributed by atoms with van der Waals surface area (Å²) in [5.74, 6) is -0.770. The van der Waals surface area contributed by atoms with Gasteiger partial charge in [0.2, 0.25) is 0 Å². The van der Waals surface area contributed by atoms with Crippen LogP contribution in [0.3, 0.4) is 0 Å². The van der Waals surface area contributed by atoms with Crippen LogP contribution in [0.5, 0.6) is 0 Å². The summed E-state index contributed by atoms with van der Waals surface area (Å²) in [6.07, 6.45) is 4.09. The van der Waals surface area contributed by atoms with Gasteiger partial charge < -0.3 is 30.3 Å². The zero-order valence-corrected chi connectivity index (χ0v) is 22.3. The van der Waals surface area contributed by atoms with Crippen LogP contribution < -0.4 is 0 Å². The molecule has 0 amide bonds. The number of pyridine rings is 1. The van der Waals surface area contributed by atoms with E-state index in [0.29, 0.717) is 6.42 Å². The van der Waals surface area contributed by atoms with Crippen molar-refractivity contribution in [1.29, 1.82) is 0 Å². The molecule has 6 nitrogen and oxygen atoms in total. The topological polar surface area (TPSA) is 149 Å². The Morgan fingerprint density at radius 2 is 1.57 bits per heavy atom. The Morgan fingerprint density at radius 1 is 1.11 bits per heavy atom. The number of carboxylic acid groups (broad SMARTS) is 1. The second-order valence-corrected chi connectivity index (χ2v) is 9.93. The predicted molar refractivity (Wildman–Crippen MR) is 115 cm³/mol.